The minimum atomic E-state index is -0.433. The zero-order chi connectivity index (χ0) is 15.9. The summed E-state index contributed by atoms with van der Waals surface area (Å²) in [6.45, 7) is -0.180. The molecule has 2 aromatic rings. The third-order valence-corrected chi connectivity index (χ3v) is 3.12. The lowest BCUT2D eigenvalue weighted by Gasteiger charge is -2.05. The number of phenolic OH excluding ortho intramolecular Hbond substituents is 2. The average molecular weight is 365 g/mol. The van der Waals surface area contributed by atoms with Crippen molar-refractivity contribution in [2.24, 2.45) is 5.10 Å². The summed E-state index contributed by atoms with van der Waals surface area (Å²) in [6, 6.07) is 11.1. The minimum Gasteiger partial charge on any atom is -0.508 e. The summed E-state index contributed by atoms with van der Waals surface area (Å²) in [6.07, 6.45) is 1.27. The number of ether oxygens (including phenoxy) is 1. The van der Waals surface area contributed by atoms with Gasteiger partial charge in [-0.2, -0.15) is 5.10 Å². The zero-order valence-electron chi connectivity index (χ0n) is 11.4. The van der Waals surface area contributed by atoms with Crippen LogP contribution in [0.3, 0.4) is 0 Å². The van der Waals surface area contributed by atoms with Gasteiger partial charge in [-0.15, -0.1) is 0 Å². The Labute approximate surface area is 135 Å². The number of phenols is 2. The fourth-order valence-electron chi connectivity index (χ4n) is 1.53. The van der Waals surface area contributed by atoms with Crippen molar-refractivity contribution in [3.8, 4) is 17.2 Å². The quantitative estimate of drug-likeness (QED) is 0.561. The summed E-state index contributed by atoms with van der Waals surface area (Å²) in [4.78, 5) is 11.6. The fourth-order valence-corrected chi connectivity index (χ4v) is 1.79. The van der Waals surface area contributed by atoms with E-state index >= 15 is 0 Å². The minimum absolute atomic E-state index is 0.0541. The lowest BCUT2D eigenvalue weighted by atomic mass is 10.2. The van der Waals surface area contributed by atoms with Crippen LogP contribution in [0.25, 0.3) is 0 Å². The molecule has 22 heavy (non-hydrogen) atoms. The Morgan fingerprint density at radius 2 is 1.95 bits per heavy atom. The van der Waals surface area contributed by atoms with E-state index in [2.05, 4.69) is 26.5 Å². The second-order valence-corrected chi connectivity index (χ2v) is 5.19. The van der Waals surface area contributed by atoms with Crippen molar-refractivity contribution < 1.29 is 19.7 Å². The number of nitrogens with one attached hydrogen (secondary N) is 1. The van der Waals surface area contributed by atoms with Crippen molar-refractivity contribution in [3.05, 3.63) is 52.5 Å². The summed E-state index contributed by atoms with van der Waals surface area (Å²) < 4.78 is 6.19. The van der Waals surface area contributed by atoms with Gasteiger partial charge in [0, 0.05) is 16.1 Å². The molecular weight excluding hydrogens is 352 g/mol. The maximum Gasteiger partial charge on any atom is 0.277 e. The zero-order valence-corrected chi connectivity index (χ0v) is 12.9. The number of hydrazone groups is 1. The highest BCUT2D eigenvalue weighted by Crippen LogP contribution is 2.20. The number of carbonyl (C=O) groups is 1. The van der Waals surface area contributed by atoms with E-state index in [0.29, 0.717) is 11.3 Å². The van der Waals surface area contributed by atoms with E-state index in [4.69, 9.17) is 9.84 Å². The molecular formula is C15H13BrN2O4. The van der Waals surface area contributed by atoms with Gasteiger partial charge in [0.05, 0.1) is 6.21 Å². The molecule has 1 amide bonds. The molecule has 0 bridgehead atoms. The first-order valence-electron chi connectivity index (χ1n) is 6.27. The monoisotopic (exact) mass is 364 g/mol. The van der Waals surface area contributed by atoms with Gasteiger partial charge in [-0.1, -0.05) is 15.9 Å². The Hall–Kier alpha value is -2.54. The average Bonchev–Trinajstić information content (AvgIpc) is 2.49. The van der Waals surface area contributed by atoms with Crippen molar-refractivity contribution in [2.75, 3.05) is 6.61 Å². The Morgan fingerprint density at radius 3 is 2.64 bits per heavy atom. The molecule has 2 rings (SSSR count). The molecule has 0 atom stereocenters. The van der Waals surface area contributed by atoms with Crippen LogP contribution in [-0.2, 0) is 4.79 Å². The molecule has 114 valence electrons. The fraction of sp³-hybridized carbons (Fsp3) is 0.0667. The summed E-state index contributed by atoms with van der Waals surface area (Å²) in [7, 11) is 0. The summed E-state index contributed by atoms with van der Waals surface area (Å²) in [5, 5.41) is 22.4. The molecule has 0 radical (unpaired) electrons. The van der Waals surface area contributed by atoms with Crippen molar-refractivity contribution in [1.82, 2.24) is 5.43 Å². The highest BCUT2D eigenvalue weighted by molar-refractivity contribution is 9.10. The normalized spacial score (nSPS) is 10.6. The number of halogens is 1. The van der Waals surface area contributed by atoms with Crippen LogP contribution in [0.4, 0.5) is 0 Å². The van der Waals surface area contributed by atoms with Crippen LogP contribution in [0.1, 0.15) is 5.56 Å². The molecule has 7 heteroatoms. The Morgan fingerprint density at radius 1 is 1.23 bits per heavy atom. The van der Waals surface area contributed by atoms with E-state index in [1.165, 1.54) is 24.4 Å². The molecule has 0 aliphatic heterocycles. The molecule has 0 aromatic heterocycles. The molecule has 0 saturated heterocycles. The number of amides is 1. The Kier molecular flexibility index (Phi) is 5.37. The van der Waals surface area contributed by atoms with Gasteiger partial charge < -0.3 is 14.9 Å². The Bertz CT molecular complexity index is 686. The van der Waals surface area contributed by atoms with Crippen LogP contribution >= 0.6 is 15.9 Å². The van der Waals surface area contributed by atoms with Gasteiger partial charge in [-0.3, -0.25) is 4.79 Å². The first-order valence-corrected chi connectivity index (χ1v) is 7.06. The van der Waals surface area contributed by atoms with Gasteiger partial charge in [0.2, 0.25) is 0 Å². The van der Waals surface area contributed by atoms with Crippen molar-refractivity contribution >= 4 is 28.1 Å². The molecule has 2 aromatic carbocycles. The van der Waals surface area contributed by atoms with Gasteiger partial charge in [0.25, 0.3) is 5.91 Å². The standard InChI is InChI=1S/C15H13BrN2O4/c16-11-2-5-13(6-3-11)22-9-15(21)18-17-8-10-1-4-12(19)7-14(10)20/h1-8,19-20H,9H2,(H,18,21). The van der Waals surface area contributed by atoms with Gasteiger partial charge in [-0.25, -0.2) is 5.43 Å². The summed E-state index contributed by atoms with van der Waals surface area (Å²) in [5.41, 5.74) is 2.64. The molecule has 6 nitrogen and oxygen atoms in total. The SMILES string of the molecule is O=C(COc1ccc(Br)cc1)NN=Cc1ccc(O)cc1O. The lowest BCUT2D eigenvalue weighted by molar-refractivity contribution is -0.123. The molecule has 0 spiro atoms. The second-order valence-electron chi connectivity index (χ2n) is 4.28. The van der Waals surface area contributed by atoms with Crippen molar-refractivity contribution in [2.45, 2.75) is 0 Å². The number of benzene rings is 2. The molecule has 0 aliphatic rings. The number of aromatic hydroxyl groups is 2. The van der Waals surface area contributed by atoms with E-state index in [1.54, 1.807) is 24.3 Å². The maximum absolute atomic E-state index is 11.6. The van der Waals surface area contributed by atoms with Crippen LogP contribution in [0.15, 0.2) is 52.0 Å². The van der Waals surface area contributed by atoms with Gasteiger partial charge in [0.15, 0.2) is 6.61 Å². The van der Waals surface area contributed by atoms with E-state index in [1.807, 2.05) is 0 Å². The molecule has 0 fully saturated rings. The molecule has 0 heterocycles. The highest BCUT2D eigenvalue weighted by Gasteiger charge is 2.02. The molecule has 0 unspecified atom stereocenters. The topological polar surface area (TPSA) is 91.2 Å². The van der Waals surface area contributed by atoms with Crippen LogP contribution < -0.4 is 10.2 Å². The lowest BCUT2D eigenvalue weighted by Crippen LogP contribution is -2.24. The first kappa shape index (κ1) is 15.8. The van der Waals surface area contributed by atoms with E-state index in [-0.39, 0.29) is 18.1 Å². The summed E-state index contributed by atoms with van der Waals surface area (Å²) >= 11 is 3.30. The van der Waals surface area contributed by atoms with Gasteiger partial charge in [0.1, 0.15) is 17.2 Å². The number of carbonyl (C=O) groups excluding carboxylic acids is 1. The first-order chi connectivity index (χ1) is 10.5. The third kappa shape index (κ3) is 4.78. The van der Waals surface area contributed by atoms with Gasteiger partial charge >= 0.3 is 0 Å². The number of hydrogen-bond donors (Lipinski definition) is 3. The van der Waals surface area contributed by atoms with E-state index in [0.717, 1.165) is 4.47 Å². The number of rotatable bonds is 5. The van der Waals surface area contributed by atoms with E-state index in [9.17, 15) is 9.90 Å². The van der Waals surface area contributed by atoms with Crippen LogP contribution in [0.5, 0.6) is 17.2 Å². The maximum atomic E-state index is 11.6. The molecule has 0 aliphatic carbocycles. The largest absolute Gasteiger partial charge is 0.508 e. The van der Waals surface area contributed by atoms with Crippen LogP contribution in [-0.4, -0.2) is 28.9 Å². The Balaban J connectivity index is 1.82. The van der Waals surface area contributed by atoms with Crippen molar-refractivity contribution in [3.63, 3.8) is 0 Å². The number of hydrogen-bond acceptors (Lipinski definition) is 5. The molecule has 0 saturated carbocycles. The number of nitrogens with zero attached hydrogens (tertiary/aromatic N) is 1. The smallest absolute Gasteiger partial charge is 0.277 e. The predicted octanol–water partition coefficient (Wildman–Crippen LogP) is 2.39. The predicted molar refractivity (Wildman–Crippen MR) is 85.1 cm³/mol. The van der Waals surface area contributed by atoms with Crippen LogP contribution in [0, 0.1) is 0 Å². The summed E-state index contributed by atoms with van der Waals surface area (Å²) in [5.74, 6) is -0.0540. The van der Waals surface area contributed by atoms with Gasteiger partial charge in [-0.05, 0) is 36.4 Å². The highest BCUT2D eigenvalue weighted by atomic mass is 79.9. The van der Waals surface area contributed by atoms with E-state index < -0.39 is 5.91 Å². The third-order valence-electron chi connectivity index (χ3n) is 2.59. The second kappa shape index (κ2) is 7.46. The molecule has 3 N–H and O–H groups in total. The van der Waals surface area contributed by atoms with Crippen molar-refractivity contribution in [1.29, 1.82) is 0 Å². The van der Waals surface area contributed by atoms with Crippen LogP contribution in [0.2, 0.25) is 0 Å².